The number of aryl methyl sites for hydroxylation is 4. The summed E-state index contributed by atoms with van der Waals surface area (Å²) >= 11 is 5.28. The number of thiol groups is 1. The fraction of sp³-hybridized carbons (Fsp3) is 0.491. The molecular formula is C57H75N13O15S2. The van der Waals surface area contributed by atoms with Gasteiger partial charge in [0.1, 0.15) is 33.9 Å². The van der Waals surface area contributed by atoms with Crippen molar-refractivity contribution >= 4 is 92.5 Å². The van der Waals surface area contributed by atoms with Gasteiger partial charge < -0.3 is 63.8 Å². The standard InChI is InChI=1S/C57H75N13O15S2/c1-6-69-41(29-36(3)64-69)53(75)62-56-61-40-31-38(51(58)73)33-44(49(40)67(56)13-8-9-14-68-50-43(78-5)32-39(52(59)74)34-46(50)87-57(68)63-54(76)42-30-37(4)65-70(42)7-2)85-16-10-12-60-47(71)11-17-79-19-21-81-23-25-83-27-28-84-26-24-82-22-20-80-18-15-66-48(72)35-45(86)55(66)77/h8-9,29-34,45,86H,6-7,10-28,35H2,1-5H3,(H2,58,73)(H2,59,74)(H,60,71)(H,61,62,75)/b9-8+,63-57?. The second-order valence-electron chi connectivity index (χ2n) is 19.5. The number of nitrogens with two attached hydrogens (primary N) is 2. The van der Waals surface area contributed by atoms with Crippen LogP contribution in [-0.4, -0.2) is 191 Å². The molecule has 1 aliphatic rings. The van der Waals surface area contributed by atoms with Gasteiger partial charge in [-0.05, 0) is 70.5 Å². The minimum Gasteiger partial charge on any atom is -0.494 e. The molecular weight excluding hydrogens is 1170 g/mol. The lowest BCUT2D eigenvalue weighted by Gasteiger charge is -2.14. The quantitative estimate of drug-likeness (QED) is 0.0161. The second-order valence-corrected chi connectivity index (χ2v) is 21.2. The number of carbonyl (C=O) groups excluding carboxylic acids is 7. The van der Waals surface area contributed by atoms with Crippen molar-refractivity contribution < 1.29 is 71.5 Å². The van der Waals surface area contributed by atoms with Gasteiger partial charge in [0.05, 0.1) is 126 Å². The predicted octanol–water partition coefficient (Wildman–Crippen LogP) is 2.99. The summed E-state index contributed by atoms with van der Waals surface area (Å²) < 4.78 is 52.4. The maximum Gasteiger partial charge on any atom is 0.297 e. The summed E-state index contributed by atoms with van der Waals surface area (Å²) in [5, 5.41) is 14.1. The van der Waals surface area contributed by atoms with Crippen molar-refractivity contribution in [3.8, 4) is 11.5 Å². The highest BCUT2D eigenvalue weighted by Crippen LogP contribution is 2.33. The molecule has 4 aromatic heterocycles. The number of amides is 7. The minimum absolute atomic E-state index is 0.0980. The van der Waals surface area contributed by atoms with E-state index < -0.39 is 28.9 Å². The molecule has 0 spiro atoms. The van der Waals surface area contributed by atoms with Gasteiger partial charge in [-0.3, -0.25) is 53.1 Å². The van der Waals surface area contributed by atoms with E-state index in [1.807, 2.05) is 26.0 Å². The molecule has 6 aromatic rings. The Morgan fingerprint density at radius 3 is 1.84 bits per heavy atom. The van der Waals surface area contributed by atoms with Crippen molar-refractivity contribution in [3.63, 3.8) is 0 Å². The van der Waals surface area contributed by atoms with Crippen molar-refractivity contribution in [2.75, 3.05) is 111 Å². The Morgan fingerprint density at radius 1 is 0.713 bits per heavy atom. The van der Waals surface area contributed by atoms with E-state index in [0.29, 0.717) is 134 Å². The number of benzene rings is 2. The molecule has 6 N–H and O–H groups in total. The predicted molar refractivity (Wildman–Crippen MR) is 322 cm³/mol. The van der Waals surface area contributed by atoms with Gasteiger partial charge >= 0.3 is 0 Å². The van der Waals surface area contributed by atoms with E-state index in [2.05, 4.69) is 38.5 Å². The van der Waals surface area contributed by atoms with Crippen molar-refractivity contribution in [1.29, 1.82) is 0 Å². The molecule has 7 rings (SSSR count). The van der Waals surface area contributed by atoms with Gasteiger partial charge in [0, 0.05) is 56.7 Å². The van der Waals surface area contributed by atoms with Gasteiger partial charge in [0.2, 0.25) is 35.5 Å². The third-order valence-electron chi connectivity index (χ3n) is 13.3. The number of likely N-dealkylation sites (tertiary alicyclic amines) is 1. The van der Waals surface area contributed by atoms with Crippen LogP contribution in [0.15, 0.2) is 53.5 Å². The van der Waals surface area contributed by atoms with Gasteiger partial charge in [0.15, 0.2) is 4.80 Å². The summed E-state index contributed by atoms with van der Waals surface area (Å²) in [4.78, 5) is 99.9. The SMILES string of the molecule is CCn1nc(C)cc1C(=O)N=c1sc2cc(C(N)=O)cc(OC)c2n1C/C=C/Cn1c(NC(=O)c2cc(C)nn2CC)nc2cc(C(N)=O)cc(OCCCNC(=O)CCOCCOCCOCCOCCOCCOCCN3C(=O)CC(S)C3=O)c21. The van der Waals surface area contributed by atoms with E-state index in [4.69, 9.17) is 54.3 Å². The molecule has 87 heavy (non-hydrogen) atoms. The number of anilines is 1. The van der Waals surface area contributed by atoms with Crippen LogP contribution in [-0.2, 0) is 69.0 Å². The van der Waals surface area contributed by atoms with Crippen molar-refractivity contribution in [1.82, 2.24) is 43.9 Å². The molecule has 30 heteroatoms. The number of fused-ring (bicyclic) bond motifs is 2. The fourth-order valence-electron chi connectivity index (χ4n) is 9.07. The first-order valence-corrected chi connectivity index (χ1v) is 29.7. The van der Waals surface area contributed by atoms with Crippen LogP contribution in [0.5, 0.6) is 11.5 Å². The molecule has 1 fully saturated rings. The highest BCUT2D eigenvalue weighted by Gasteiger charge is 2.36. The van der Waals surface area contributed by atoms with Crippen molar-refractivity contribution in [2.45, 2.75) is 78.4 Å². The van der Waals surface area contributed by atoms with Gasteiger partial charge in [-0.1, -0.05) is 23.5 Å². The first kappa shape index (κ1) is 66.7. The van der Waals surface area contributed by atoms with Crippen LogP contribution < -0.4 is 36.4 Å². The third-order valence-corrected chi connectivity index (χ3v) is 14.7. The molecule has 0 saturated carbocycles. The van der Waals surface area contributed by atoms with Crippen LogP contribution in [0, 0.1) is 13.8 Å². The number of hydrogen-bond acceptors (Lipinski definition) is 20. The zero-order valence-electron chi connectivity index (χ0n) is 49.4. The fourth-order valence-corrected chi connectivity index (χ4v) is 10.5. The number of thiazole rings is 1. The number of nitrogens with one attached hydrogen (secondary N) is 2. The van der Waals surface area contributed by atoms with Crippen LogP contribution in [0.2, 0.25) is 0 Å². The molecule has 2 aromatic carbocycles. The Morgan fingerprint density at radius 2 is 1.26 bits per heavy atom. The van der Waals surface area contributed by atoms with Crippen LogP contribution in [0.3, 0.4) is 0 Å². The Bertz CT molecular complexity index is 3500. The third kappa shape index (κ3) is 18.6. The number of nitrogens with zero attached hydrogens (tertiary/aromatic N) is 9. The smallest absolute Gasteiger partial charge is 0.297 e. The van der Waals surface area contributed by atoms with Crippen molar-refractivity contribution in [2.24, 2.45) is 16.5 Å². The maximum atomic E-state index is 13.9. The minimum atomic E-state index is -0.732. The summed E-state index contributed by atoms with van der Waals surface area (Å²) in [6, 6.07) is 9.50. The molecule has 0 bridgehead atoms. The summed E-state index contributed by atoms with van der Waals surface area (Å²) in [6.45, 7) is 13.0. The molecule has 5 heterocycles. The summed E-state index contributed by atoms with van der Waals surface area (Å²) in [5.74, 6) is -2.44. The number of ether oxygens (including phenoxy) is 8. The molecule has 0 aliphatic carbocycles. The number of primary amides is 2. The Labute approximate surface area is 510 Å². The zero-order chi connectivity index (χ0) is 62.4. The van der Waals surface area contributed by atoms with Gasteiger partial charge in [-0.15, -0.1) is 0 Å². The number of aromatic nitrogens is 7. The normalized spacial score (nSPS) is 13.7. The Balaban J connectivity index is 0.891. The molecule has 1 unspecified atom stereocenters. The summed E-state index contributed by atoms with van der Waals surface area (Å²) in [7, 11) is 1.46. The monoisotopic (exact) mass is 1250 g/mol. The van der Waals surface area contributed by atoms with Crippen LogP contribution in [0.1, 0.15) is 86.2 Å². The van der Waals surface area contributed by atoms with E-state index in [-0.39, 0.29) is 106 Å². The number of hydrogen-bond donors (Lipinski definition) is 5. The van der Waals surface area contributed by atoms with E-state index in [9.17, 15) is 33.6 Å². The first-order valence-electron chi connectivity index (χ1n) is 28.4. The average molecular weight is 1250 g/mol. The molecule has 1 aliphatic heterocycles. The Hall–Kier alpha value is -7.84. The van der Waals surface area contributed by atoms with Gasteiger partial charge in [0.25, 0.3) is 11.8 Å². The lowest BCUT2D eigenvalue weighted by atomic mass is 10.1. The lowest BCUT2D eigenvalue weighted by molar-refractivity contribution is -0.139. The molecule has 28 nitrogen and oxygen atoms in total. The summed E-state index contributed by atoms with van der Waals surface area (Å²) in [5.41, 5.74) is 15.0. The summed E-state index contributed by atoms with van der Waals surface area (Å²) in [6.07, 6.45) is 4.27. The lowest BCUT2D eigenvalue weighted by Crippen LogP contribution is -2.34. The topological polar surface area (TPSA) is 343 Å². The molecule has 1 saturated heterocycles. The highest BCUT2D eigenvalue weighted by molar-refractivity contribution is 7.81. The number of imide groups is 1. The van der Waals surface area contributed by atoms with E-state index >= 15 is 0 Å². The van der Waals surface area contributed by atoms with Gasteiger partial charge in [-0.2, -0.15) is 27.8 Å². The average Bonchev–Trinajstić information content (AvgIpc) is 2.15. The second kappa shape index (κ2) is 33.3. The zero-order valence-corrected chi connectivity index (χ0v) is 51.1. The van der Waals surface area contributed by atoms with E-state index in [1.54, 1.807) is 50.5 Å². The molecule has 0 radical (unpaired) electrons. The maximum absolute atomic E-state index is 13.9. The van der Waals surface area contributed by atoms with Crippen LogP contribution in [0.4, 0.5) is 5.95 Å². The number of carbonyl (C=O) groups is 7. The molecule has 1 atom stereocenters. The number of methoxy groups -OCH3 is 1. The largest absolute Gasteiger partial charge is 0.494 e. The first-order chi connectivity index (χ1) is 42.0. The molecule has 7 amide bonds. The highest BCUT2D eigenvalue weighted by atomic mass is 32.1. The number of allylic oxidation sites excluding steroid dienone is 2. The molecule has 470 valence electrons. The Kier molecular flexibility index (Phi) is 25.5. The van der Waals surface area contributed by atoms with Crippen molar-refractivity contribution in [3.05, 3.63) is 87.3 Å². The van der Waals surface area contributed by atoms with E-state index in [1.165, 1.54) is 41.5 Å². The van der Waals surface area contributed by atoms with E-state index in [0.717, 1.165) is 0 Å². The number of rotatable bonds is 38. The van der Waals surface area contributed by atoms with Crippen LogP contribution >= 0.6 is 24.0 Å². The van der Waals surface area contributed by atoms with Crippen LogP contribution in [0.25, 0.3) is 21.3 Å². The number of imidazole rings is 1. The van der Waals surface area contributed by atoms with Gasteiger partial charge in [-0.25, -0.2) is 4.98 Å².